The number of carbonyl (C=O) groups is 1. The smallest absolute Gasteiger partial charge is 0.404 e. The predicted octanol–water partition coefficient (Wildman–Crippen LogP) is -0.215. The molecule has 0 aliphatic heterocycles. The highest BCUT2D eigenvalue weighted by Crippen LogP contribution is 1.45. The van der Waals surface area contributed by atoms with Crippen molar-refractivity contribution in [2.45, 2.75) is 0 Å². The highest BCUT2D eigenvalue weighted by atomic mass is 16.4. The Bertz CT molecular complexity index is 94.7. The Labute approximate surface area is 45.8 Å². The van der Waals surface area contributed by atoms with E-state index in [4.69, 9.17) is 15.3 Å². The standard InChI is InChI=1S/C2H5NO2.CHNO/c1-3-2(4)5;2-1-3/h3H,1H3,(H,4,5);2H. The Morgan fingerprint density at radius 2 is 2.00 bits per heavy atom. The van der Waals surface area contributed by atoms with Crippen LogP contribution in [-0.4, -0.2) is 24.3 Å². The lowest BCUT2D eigenvalue weighted by molar-refractivity contribution is 0.197. The fraction of sp³-hybridized carbons (Fsp3) is 0.333. The molecule has 0 unspecified atom stereocenters. The molecule has 0 heterocycles. The number of hydrogen-bond acceptors (Lipinski definition) is 3. The van der Waals surface area contributed by atoms with Gasteiger partial charge in [0, 0.05) is 7.05 Å². The Morgan fingerprint density at radius 3 is 2.00 bits per heavy atom. The minimum Gasteiger partial charge on any atom is -0.465 e. The van der Waals surface area contributed by atoms with Crippen LogP contribution >= 0.6 is 0 Å². The van der Waals surface area contributed by atoms with Crippen LogP contribution in [0.1, 0.15) is 0 Å². The summed E-state index contributed by atoms with van der Waals surface area (Å²) in [5, 5.41) is 15.0. The fourth-order valence-corrected chi connectivity index (χ4v) is 0. The number of carbonyl (C=O) groups excluding carboxylic acids is 1. The van der Waals surface area contributed by atoms with Gasteiger partial charge in [0.05, 0.1) is 0 Å². The normalized spacial score (nSPS) is 5.12. The molecule has 46 valence electrons. The van der Waals surface area contributed by atoms with E-state index in [1.807, 2.05) is 5.32 Å². The van der Waals surface area contributed by atoms with E-state index in [1.54, 1.807) is 0 Å². The zero-order valence-corrected chi connectivity index (χ0v) is 4.26. The number of nitrogens with one attached hydrogen (secondary N) is 2. The molecule has 0 atom stereocenters. The van der Waals surface area contributed by atoms with Crippen LogP contribution in [0.15, 0.2) is 0 Å². The molecule has 5 heteroatoms. The first-order valence-electron chi connectivity index (χ1n) is 1.63. The van der Waals surface area contributed by atoms with Gasteiger partial charge in [0.25, 0.3) is 0 Å². The number of isocyanates is 1. The summed E-state index contributed by atoms with van der Waals surface area (Å²) < 4.78 is 0. The van der Waals surface area contributed by atoms with E-state index in [1.165, 1.54) is 7.05 Å². The maximum atomic E-state index is 9.26. The molecule has 0 fully saturated rings. The van der Waals surface area contributed by atoms with E-state index in [2.05, 4.69) is 0 Å². The molecule has 0 aliphatic rings. The molecule has 3 N–H and O–H groups in total. The molecule has 0 saturated heterocycles. The zero-order valence-electron chi connectivity index (χ0n) is 4.26. The first-order valence-corrected chi connectivity index (χ1v) is 1.63. The van der Waals surface area contributed by atoms with Gasteiger partial charge in [-0.15, -0.1) is 0 Å². The van der Waals surface area contributed by atoms with Crippen LogP contribution in [0.2, 0.25) is 0 Å². The Balaban J connectivity index is 0. The highest BCUT2D eigenvalue weighted by molar-refractivity contribution is 5.63. The van der Waals surface area contributed by atoms with Gasteiger partial charge >= 0.3 is 6.09 Å². The number of carboxylic acid groups (broad SMARTS) is 1. The van der Waals surface area contributed by atoms with E-state index < -0.39 is 6.09 Å². The van der Waals surface area contributed by atoms with E-state index in [9.17, 15) is 4.79 Å². The minimum atomic E-state index is -0.995. The largest absolute Gasteiger partial charge is 0.465 e. The Hall–Kier alpha value is -1.35. The molecule has 8 heavy (non-hydrogen) atoms. The summed E-state index contributed by atoms with van der Waals surface area (Å²) in [5.74, 6) is 0. The molecule has 0 radical (unpaired) electrons. The zero-order chi connectivity index (χ0) is 6.99. The van der Waals surface area contributed by atoms with Crippen LogP contribution in [0.3, 0.4) is 0 Å². The van der Waals surface area contributed by atoms with Gasteiger partial charge in [-0.1, -0.05) is 0 Å². The molecule has 0 bridgehead atoms. The second-order valence-electron chi connectivity index (χ2n) is 0.657. The van der Waals surface area contributed by atoms with Gasteiger partial charge < -0.3 is 10.4 Å². The lowest BCUT2D eigenvalue weighted by atomic mass is 11.1. The molecule has 0 rings (SSSR count). The summed E-state index contributed by atoms with van der Waals surface area (Å²) in [4.78, 5) is 17.6. The van der Waals surface area contributed by atoms with Gasteiger partial charge in [-0.05, 0) is 0 Å². The Morgan fingerprint density at radius 1 is 1.88 bits per heavy atom. The van der Waals surface area contributed by atoms with Crippen molar-refractivity contribution in [2.75, 3.05) is 7.05 Å². The molecule has 0 aromatic carbocycles. The van der Waals surface area contributed by atoms with Crippen molar-refractivity contribution in [1.82, 2.24) is 5.32 Å². The van der Waals surface area contributed by atoms with E-state index >= 15 is 0 Å². The van der Waals surface area contributed by atoms with Crippen LogP contribution in [0.5, 0.6) is 0 Å². The lowest BCUT2D eigenvalue weighted by Crippen LogP contribution is -2.13. The molecular weight excluding hydrogens is 112 g/mol. The van der Waals surface area contributed by atoms with Crippen molar-refractivity contribution in [1.29, 1.82) is 5.41 Å². The highest BCUT2D eigenvalue weighted by Gasteiger charge is 1.76. The van der Waals surface area contributed by atoms with Crippen molar-refractivity contribution >= 4 is 12.2 Å². The third-order valence-electron chi connectivity index (χ3n) is 0.214. The monoisotopic (exact) mass is 118 g/mol. The van der Waals surface area contributed by atoms with Crippen LogP contribution in [0.25, 0.3) is 0 Å². The molecule has 0 spiro atoms. The van der Waals surface area contributed by atoms with Crippen molar-refractivity contribution < 1.29 is 14.7 Å². The summed E-state index contributed by atoms with van der Waals surface area (Å²) in [7, 11) is 1.35. The average Bonchev–Trinajstić information content (AvgIpc) is 1.69. The average molecular weight is 118 g/mol. The molecule has 0 aromatic rings. The molecule has 0 saturated carbocycles. The quantitative estimate of drug-likeness (QED) is 0.303. The topological polar surface area (TPSA) is 90.2 Å². The maximum Gasteiger partial charge on any atom is 0.404 e. The second-order valence-corrected chi connectivity index (χ2v) is 0.657. The van der Waals surface area contributed by atoms with Crippen LogP contribution in [0.4, 0.5) is 4.79 Å². The van der Waals surface area contributed by atoms with Crippen molar-refractivity contribution in [3.8, 4) is 0 Å². The van der Waals surface area contributed by atoms with Gasteiger partial charge in [-0.2, -0.15) is 0 Å². The van der Waals surface area contributed by atoms with Crippen molar-refractivity contribution in [3.05, 3.63) is 0 Å². The number of amides is 1. The van der Waals surface area contributed by atoms with Gasteiger partial charge in [-0.3, -0.25) is 0 Å². The fourth-order valence-electron chi connectivity index (χ4n) is 0. The third kappa shape index (κ3) is 147. The summed E-state index contributed by atoms with van der Waals surface area (Å²) in [6.45, 7) is 0. The van der Waals surface area contributed by atoms with Gasteiger partial charge in [0.2, 0.25) is 6.08 Å². The van der Waals surface area contributed by atoms with Crippen LogP contribution < -0.4 is 5.32 Å². The third-order valence-corrected chi connectivity index (χ3v) is 0.214. The van der Waals surface area contributed by atoms with Crippen LogP contribution in [-0.2, 0) is 4.79 Å². The minimum absolute atomic E-state index is 0.750. The van der Waals surface area contributed by atoms with E-state index in [0.29, 0.717) is 0 Å². The summed E-state index contributed by atoms with van der Waals surface area (Å²) in [6, 6.07) is 0. The molecule has 0 aliphatic carbocycles. The summed E-state index contributed by atoms with van der Waals surface area (Å²) >= 11 is 0. The van der Waals surface area contributed by atoms with Gasteiger partial charge in [0.1, 0.15) is 0 Å². The summed E-state index contributed by atoms with van der Waals surface area (Å²) in [5.41, 5.74) is 0. The molecule has 5 nitrogen and oxygen atoms in total. The predicted molar refractivity (Wildman–Crippen MR) is 25.5 cm³/mol. The van der Waals surface area contributed by atoms with Gasteiger partial charge in [0.15, 0.2) is 0 Å². The summed E-state index contributed by atoms with van der Waals surface area (Å²) in [6.07, 6.45) is -0.245. The lowest BCUT2D eigenvalue weighted by Gasteiger charge is -1.78. The number of rotatable bonds is 0. The van der Waals surface area contributed by atoms with Gasteiger partial charge in [-0.25, -0.2) is 15.0 Å². The van der Waals surface area contributed by atoms with Crippen molar-refractivity contribution in [2.24, 2.45) is 0 Å². The first-order chi connectivity index (χ1) is 3.68. The molecule has 0 aromatic heterocycles. The van der Waals surface area contributed by atoms with E-state index in [0.717, 1.165) is 6.08 Å². The van der Waals surface area contributed by atoms with Crippen molar-refractivity contribution in [3.63, 3.8) is 0 Å². The van der Waals surface area contributed by atoms with Crippen LogP contribution in [0, 0.1) is 5.41 Å². The SMILES string of the molecule is CNC(=O)O.N=C=O. The molecule has 1 amide bonds. The van der Waals surface area contributed by atoms with E-state index in [-0.39, 0.29) is 0 Å². The molecular formula is C3H6N2O3. The second kappa shape index (κ2) is 9.17. The maximum absolute atomic E-state index is 9.26. The number of hydrogen-bond donors (Lipinski definition) is 3. The first kappa shape index (κ1) is 9.82. The Kier molecular flexibility index (Phi) is 11.3.